The van der Waals surface area contributed by atoms with Crippen LogP contribution in [0.4, 0.5) is 5.00 Å². The molecule has 23 heavy (non-hydrogen) atoms. The minimum atomic E-state index is -0.474. The van der Waals surface area contributed by atoms with Crippen LogP contribution in [0.2, 0.25) is 0 Å². The Morgan fingerprint density at radius 1 is 1.39 bits per heavy atom. The molecule has 0 saturated carbocycles. The summed E-state index contributed by atoms with van der Waals surface area (Å²) in [5.41, 5.74) is 4.38. The van der Waals surface area contributed by atoms with Crippen LogP contribution in [0, 0.1) is 24.0 Å². The van der Waals surface area contributed by atoms with E-state index in [4.69, 9.17) is 4.74 Å². The summed E-state index contributed by atoms with van der Waals surface area (Å²) < 4.78 is 5.45. The molecule has 1 heterocycles. The molecule has 0 spiro atoms. The van der Waals surface area contributed by atoms with Crippen LogP contribution >= 0.6 is 11.3 Å². The van der Waals surface area contributed by atoms with Gasteiger partial charge in [-0.05, 0) is 37.1 Å². The summed E-state index contributed by atoms with van der Waals surface area (Å²) in [6, 6.07) is 8.57. The minimum absolute atomic E-state index is 0.0241. The zero-order valence-corrected chi connectivity index (χ0v) is 13.4. The number of benzene rings is 1. The monoisotopic (exact) mass is 333 g/mol. The van der Waals surface area contributed by atoms with Crippen molar-refractivity contribution in [3.8, 4) is 5.75 Å². The first kappa shape index (κ1) is 16.6. The number of carbonyl (C=O) groups excluding carboxylic acids is 1. The highest BCUT2D eigenvalue weighted by Crippen LogP contribution is 2.22. The smallest absolute Gasteiger partial charge is 0.324 e. The maximum atomic E-state index is 11.7. The summed E-state index contributed by atoms with van der Waals surface area (Å²) in [5, 5.41) is 14.3. The predicted octanol–water partition coefficient (Wildman–Crippen LogP) is 2.80. The van der Waals surface area contributed by atoms with E-state index in [0.29, 0.717) is 10.6 Å². The highest BCUT2D eigenvalue weighted by Gasteiger charge is 2.08. The van der Waals surface area contributed by atoms with Gasteiger partial charge in [0.15, 0.2) is 6.61 Å². The van der Waals surface area contributed by atoms with Crippen molar-refractivity contribution >= 4 is 28.5 Å². The molecule has 2 aromatic rings. The number of hydrogen-bond donors (Lipinski definition) is 1. The van der Waals surface area contributed by atoms with Crippen LogP contribution in [-0.4, -0.2) is 23.7 Å². The molecule has 2 rings (SSSR count). The molecule has 1 N–H and O–H groups in total. The van der Waals surface area contributed by atoms with Crippen molar-refractivity contribution in [2.24, 2.45) is 5.10 Å². The van der Waals surface area contributed by atoms with Crippen LogP contribution in [0.25, 0.3) is 0 Å². The molecule has 0 radical (unpaired) electrons. The molecular formula is C15H15N3O4S. The molecule has 120 valence electrons. The summed E-state index contributed by atoms with van der Waals surface area (Å²) in [7, 11) is 0. The van der Waals surface area contributed by atoms with Crippen LogP contribution in [0.1, 0.15) is 16.0 Å². The fourth-order valence-electron chi connectivity index (χ4n) is 1.73. The summed E-state index contributed by atoms with van der Waals surface area (Å²) >= 11 is 0.975. The number of amides is 1. The van der Waals surface area contributed by atoms with Gasteiger partial charge < -0.3 is 4.74 Å². The fraction of sp³-hybridized carbons (Fsp3) is 0.200. The summed E-state index contributed by atoms with van der Waals surface area (Å²) in [5.74, 6) is 0.242. The largest absolute Gasteiger partial charge is 0.483 e. The van der Waals surface area contributed by atoms with Gasteiger partial charge in [-0.15, -0.1) is 0 Å². The number of aryl methyl sites for hydroxylation is 1. The molecular weight excluding hydrogens is 318 g/mol. The van der Waals surface area contributed by atoms with E-state index in [1.807, 2.05) is 26.0 Å². The Hall–Kier alpha value is -2.74. The number of carbonyl (C=O) groups is 1. The molecule has 0 aliphatic carbocycles. The van der Waals surface area contributed by atoms with E-state index in [0.717, 1.165) is 22.5 Å². The van der Waals surface area contributed by atoms with Gasteiger partial charge in [-0.25, -0.2) is 5.43 Å². The zero-order chi connectivity index (χ0) is 16.8. The number of nitrogens with one attached hydrogen (secondary N) is 1. The molecule has 8 heteroatoms. The SMILES string of the molecule is Cc1cccc(OCC(=O)NN=Cc2ccc([N+](=O)[O-])s2)c1C. The lowest BCUT2D eigenvalue weighted by Crippen LogP contribution is -2.24. The molecule has 7 nitrogen and oxygen atoms in total. The Labute approximate surface area is 136 Å². The molecule has 0 atom stereocenters. The van der Waals surface area contributed by atoms with Crippen molar-refractivity contribution in [1.29, 1.82) is 0 Å². The van der Waals surface area contributed by atoms with E-state index < -0.39 is 10.8 Å². The van der Waals surface area contributed by atoms with Crippen molar-refractivity contribution in [3.05, 3.63) is 56.5 Å². The maximum absolute atomic E-state index is 11.7. The maximum Gasteiger partial charge on any atom is 0.324 e. The van der Waals surface area contributed by atoms with Crippen LogP contribution in [0.15, 0.2) is 35.4 Å². The second kappa shape index (κ2) is 7.50. The van der Waals surface area contributed by atoms with Crippen molar-refractivity contribution in [2.45, 2.75) is 13.8 Å². The molecule has 0 unspecified atom stereocenters. The van der Waals surface area contributed by atoms with E-state index in [1.54, 1.807) is 12.1 Å². The van der Waals surface area contributed by atoms with Crippen molar-refractivity contribution in [3.63, 3.8) is 0 Å². The van der Waals surface area contributed by atoms with Crippen LogP contribution in [0.5, 0.6) is 5.75 Å². The Morgan fingerprint density at radius 3 is 2.87 bits per heavy atom. The lowest BCUT2D eigenvalue weighted by molar-refractivity contribution is -0.380. The lowest BCUT2D eigenvalue weighted by atomic mass is 10.1. The summed E-state index contributed by atoms with van der Waals surface area (Å²) in [6.45, 7) is 3.73. The molecule has 0 aliphatic rings. The number of nitrogens with zero attached hydrogens (tertiary/aromatic N) is 2. The fourth-order valence-corrected chi connectivity index (χ4v) is 2.43. The number of hydrogen-bond acceptors (Lipinski definition) is 6. The van der Waals surface area contributed by atoms with Gasteiger partial charge in [0.1, 0.15) is 5.75 Å². The van der Waals surface area contributed by atoms with Crippen molar-refractivity contribution in [2.75, 3.05) is 6.61 Å². The third kappa shape index (κ3) is 4.62. The lowest BCUT2D eigenvalue weighted by Gasteiger charge is -2.09. The third-order valence-electron chi connectivity index (χ3n) is 3.09. The van der Waals surface area contributed by atoms with E-state index in [9.17, 15) is 14.9 Å². The highest BCUT2D eigenvalue weighted by molar-refractivity contribution is 7.16. The zero-order valence-electron chi connectivity index (χ0n) is 12.6. The molecule has 0 saturated heterocycles. The Kier molecular flexibility index (Phi) is 5.42. The van der Waals surface area contributed by atoms with E-state index in [2.05, 4.69) is 10.5 Å². The number of thiophene rings is 1. The van der Waals surface area contributed by atoms with Crippen molar-refractivity contribution in [1.82, 2.24) is 5.43 Å². The number of ether oxygens (including phenoxy) is 1. The standard InChI is InChI=1S/C15H15N3O4S/c1-10-4-3-5-13(11(10)2)22-9-14(19)17-16-8-12-6-7-15(23-12)18(20)21/h3-8H,9H2,1-2H3,(H,17,19). The second-order valence-electron chi connectivity index (χ2n) is 4.71. The van der Waals surface area contributed by atoms with Crippen molar-refractivity contribution < 1.29 is 14.5 Å². The molecule has 0 fully saturated rings. The van der Waals surface area contributed by atoms with Crippen LogP contribution < -0.4 is 10.2 Å². The van der Waals surface area contributed by atoms with Gasteiger partial charge in [0, 0.05) is 6.07 Å². The molecule has 1 aromatic carbocycles. The van der Waals surface area contributed by atoms with E-state index in [-0.39, 0.29) is 11.6 Å². The summed E-state index contributed by atoms with van der Waals surface area (Å²) in [4.78, 5) is 22.3. The van der Waals surface area contributed by atoms with E-state index >= 15 is 0 Å². The Bertz CT molecular complexity index is 755. The molecule has 0 bridgehead atoms. The Balaban J connectivity index is 1.84. The van der Waals surface area contributed by atoms with Gasteiger partial charge in [-0.3, -0.25) is 14.9 Å². The van der Waals surface area contributed by atoms with Crippen LogP contribution in [0.3, 0.4) is 0 Å². The van der Waals surface area contributed by atoms with Gasteiger partial charge >= 0.3 is 5.00 Å². The second-order valence-corrected chi connectivity index (χ2v) is 5.81. The summed E-state index contributed by atoms with van der Waals surface area (Å²) in [6.07, 6.45) is 1.35. The average molecular weight is 333 g/mol. The molecule has 0 aliphatic heterocycles. The third-order valence-corrected chi connectivity index (χ3v) is 4.06. The quantitative estimate of drug-likeness (QED) is 0.499. The predicted molar refractivity (Wildman–Crippen MR) is 88.1 cm³/mol. The van der Waals surface area contributed by atoms with Gasteiger partial charge in [0.05, 0.1) is 16.0 Å². The molecule has 1 amide bonds. The average Bonchev–Trinajstić information content (AvgIpc) is 2.98. The minimum Gasteiger partial charge on any atom is -0.483 e. The number of rotatable bonds is 6. The first-order valence-corrected chi connectivity index (χ1v) is 7.54. The number of hydrazone groups is 1. The first-order valence-electron chi connectivity index (χ1n) is 6.72. The highest BCUT2D eigenvalue weighted by atomic mass is 32.1. The van der Waals surface area contributed by atoms with Gasteiger partial charge in [-0.1, -0.05) is 23.5 Å². The normalized spacial score (nSPS) is 10.7. The molecule has 1 aromatic heterocycles. The Morgan fingerprint density at radius 2 is 2.17 bits per heavy atom. The van der Waals surface area contributed by atoms with Gasteiger partial charge in [0.25, 0.3) is 5.91 Å². The van der Waals surface area contributed by atoms with Gasteiger partial charge in [-0.2, -0.15) is 5.10 Å². The van der Waals surface area contributed by atoms with Crippen LogP contribution in [-0.2, 0) is 4.79 Å². The first-order chi connectivity index (χ1) is 11.0. The van der Waals surface area contributed by atoms with E-state index in [1.165, 1.54) is 12.3 Å². The number of nitro groups is 1. The topological polar surface area (TPSA) is 93.8 Å². The van der Waals surface area contributed by atoms with Gasteiger partial charge in [0.2, 0.25) is 0 Å².